The van der Waals surface area contributed by atoms with Gasteiger partial charge in [0.25, 0.3) is 0 Å². The van der Waals surface area contributed by atoms with E-state index in [0.29, 0.717) is 18.8 Å². The summed E-state index contributed by atoms with van der Waals surface area (Å²) in [7, 11) is 0. The number of nitrogens with zero attached hydrogens (tertiary/aromatic N) is 6. The van der Waals surface area contributed by atoms with E-state index in [4.69, 9.17) is 5.26 Å². The van der Waals surface area contributed by atoms with Gasteiger partial charge >= 0.3 is 0 Å². The van der Waals surface area contributed by atoms with Crippen molar-refractivity contribution in [1.29, 1.82) is 5.26 Å². The molecule has 0 N–H and O–H groups in total. The Hall–Kier alpha value is -2.20. The summed E-state index contributed by atoms with van der Waals surface area (Å²) in [5.41, 5.74) is 1.21. The standard InChI is InChI=1S/C12H9BrN6/c13-11-6-18(3-4-19-8-15-7-16-19)12-10(11)2-1-9(5-14)17-12/h1-2,6-8H,3-4H2. The number of hydrogen-bond acceptors (Lipinski definition) is 4. The third kappa shape index (κ3) is 2.22. The van der Waals surface area contributed by atoms with Crippen LogP contribution in [0.15, 0.2) is 35.5 Å². The molecule has 0 aliphatic heterocycles. The molecule has 7 heteroatoms. The van der Waals surface area contributed by atoms with Crippen LogP contribution in [0.5, 0.6) is 0 Å². The van der Waals surface area contributed by atoms with Gasteiger partial charge in [-0.3, -0.25) is 4.68 Å². The van der Waals surface area contributed by atoms with Crippen molar-refractivity contribution < 1.29 is 0 Å². The average Bonchev–Trinajstić information content (AvgIpc) is 3.05. The van der Waals surface area contributed by atoms with Crippen LogP contribution in [0.1, 0.15) is 5.69 Å². The summed E-state index contributed by atoms with van der Waals surface area (Å²) in [6, 6.07) is 5.67. The molecule has 3 aromatic heterocycles. The molecule has 0 aromatic carbocycles. The maximum Gasteiger partial charge on any atom is 0.142 e. The minimum atomic E-state index is 0.417. The van der Waals surface area contributed by atoms with Crippen molar-refractivity contribution in [2.24, 2.45) is 0 Å². The Morgan fingerprint density at radius 2 is 2.21 bits per heavy atom. The Bertz CT molecular complexity index is 752. The first-order chi connectivity index (χ1) is 9.28. The smallest absolute Gasteiger partial charge is 0.142 e. The highest BCUT2D eigenvalue weighted by Crippen LogP contribution is 2.25. The van der Waals surface area contributed by atoms with Crippen LogP contribution in [0.25, 0.3) is 11.0 Å². The Balaban J connectivity index is 1.96. The molecule has 0 saturated carbocycles. The minimum absolute atomic E-state index is 0.417. The summed E-state index contributed by atoms with van der Waals surface area (Å²) in [6.07, 6.45) is 5.15. The van der Waals surface area contributed by atoms with Crippen molar-refractivity contribution in [1.82, 2.24) is 24.3 Å². The van der Waals surface area contributed by atoms with Crippen LogP contribution in [-0.4, -0.2) is 24.3 Å². The van der Waals surface area contributed by atoms with Gasteiger partial charge in [-0.2, -0.15) is 10.4 Å². The highest BCUT2D eigenvalue weighted by Gasteiger charge is 2.09. The van der Waals surface area contributed by atoms with Crippen molar-refractivity contribution in [2.45, 2.75) is 13.1 Å². The number of halogens is 1. The predicted molar refractivity (Wildman–Crippen MR) is 72.2 cm³/mol. The second-order valence-electron chi connectivity index (χ2n) is 4.01. The monoisotopic (exact) mass is 316 g/mol. The lowest BCUT2D eigenvalue weighted by Crippen LogP contribution is -2.07. The van der Waals surface area contributed by atoms with Crippen molar-refractivity contribution in [3.05, 3.63) is 41.2 Å². The summed E-state index contributed by atoms with van der Waals surface area (Å²) in [5, 5.41) is 14.0. The highest BCUT2D eigenvalue weighted by molar-refractivity contribution is 9.10. The van der Waals surface area contributed by atoms with Crippen molar-refractivity contribution in [3.63, 3.8) is 0 Å². The van der Waals surface area contributed by atoms with Crippen LogP contribution in [0, 0.1) is 11.3 Å². The summed E-state index contributed by atoms with van der Waals surface area (Å²) in [6.45, 7) is 1.42. The number of pyridine rings is 1. The zero-order chi connectivity index (χ0) is 13.2. The predicted octanol–water partition coefficient (Wildman–Crippen LogP) is 1.96. The number of aromatic nitrogens is 5. The molecule has 3 heterocycles. The van der Waals surface area contributed by atoms with Crippen LogP contribution < -0.4 is 0 Å². The fraction of sp³-hybridized carbons (Fsp3) is 0.167. The summed E-state index contributed by atoms with van der Waals surface area (Å²) in [4.78, 5) is 8.25. The van der Waals surface area contributed by atoms with E-state index >= 15 is 0 Å². The zero-order valence-electron chi connectivity index (χ0n) is 9.86. The first-order valence-corrected chi connectivity index (χ1v) is 6.45. The lowest BCUT2D eigenvalue weighted by Gasteiger charge is -2.04. The number of fused-ring (bicyclic) bond motifs is 1. The maximum absolute atomic E-state index is 8.92. The molecular weight excluding hydrogens is 308 g/mol. The Morgan fingerprint density at radius 3 is 2.95 bits per heavy atom. The third-order valence-electron chi connectivity index (χ3n) is 2.82. The van der Waals surface area contributed by atoms with E-state index in [1.54, 1.807) is 17.1 Å². The van der Waals surface area contributed by atoms with Gasteiger partial charge in [0.1, 0.15) is 30.1 Å². The molecular formula is C12H9BrN6. The van der Waals surface area contributed by atoms with E-state index in [1.807, 2.05) is 16.8 Å². The summed E-state index contributed by atoms with van der Waals surface area (Å²) < 4.78 is 4.73. The van der Waals surface area contributed by atoms with Gasteiger partial charge in [0.05, 0.1) is 6.54 Å². The molecule has 0 aliphatic rings. The largest absolute Gasteiger partial charge is 0.329 e. The number of nitriles is 1. The molecule has 0 unspecified atom stereocenters. The van der Waals surface area contributed by atoms with Crippen LogP contribution in [0.4, 0.5) is 0 Å². The lowest BCUT2D eigenvalue weighted by molar-refractivity contribution is 0.539. The molecule has 0 amide bonds. The van der Waals surface area contributed by atoms with Crippen LogP contribution >= 0.6 is 15.9 Å². The fourth-order valence-corrected chi connectivity index (χ4v) is 2.47. The molecule has 0 atom stereocenters. The molecule has 6 nitrogen and oxygen atoms in total. The fourth-order valence-electron chi connectivity index (χ4n) is 1.91. The van der Waals surface area contributed by atoms with E-state index in [9.17, 15) is 0 Å². The van der Waals surface area contributed by atoms with E-state index in [0.717, 1.165) is 15.5 Å². The number of rotatable bonds is 3. The van der Waals surface area contributed by atoms with E-state index in [2.05, 4.69) is 37.1 Å². The molecule has 0 saturated heterocycles. The Labute approximate surface area is 117 Å². The van der Waals surface area contributed by atoms with E-state index < -0.39 is 0 Å². The first kappa shape index (κ1) is 11.9. The van der Waals surface area contributed by atoms with Crippen molar-refractivity contribution in [2.75, 3.05) is 0 Å². The van der Waals surface area contributed by atoms with Gasteiger partial charge in [-0.25, -0.2) is 9.97 Å². The molecule has 3 rings (SSSR count). The molecule has 0 fully saturated rings. The molecule has 3 aromatic rings. The SMILES string of the molecule is N#Cc1ccc2c(Br)cn(CCn3cncn3)c2n1. The van der Waals surface area contributed by atoms with Crippen LogP contribution in [0.3, 0.4) is 0 Å². The molecule has 94 valence electrons. The van der Waals surface area contributed by atoms with E-state index in [1.165, 1.54) is 6.33 Å². The molecule has 19 heavy (non-hydrogen) atoms. The molecule has 0 bridgehead atoms. The number of hydrogen-bond donors (Lipinski definition) is 0. The minimum Gasteiger partial charge on any atom is -0.329 e. The quantitative estimate of drug-likeness (QED) is 0.740. The van der Waals surface area contributed by atoms with Gasteiger partial charge in [0, 0.05) is 22.6 Å². The highest BCUT2D eigenvalue weighted by atomic mass is 79.9. The van der Waals surface area contributed by atoms with Gasteiger partial charge in [-0.1, -0.05) is 0 Å². The topological polar surface area (TPSA) is 72.3 Å². The van der Waals surface area contributed by atoms with Crippen LogP contribution in [0.2, 0.25) is 0 Å². The average molecular weight is 317 g/mol. The van der Waals surface area contributed by atoms with Gasteiger partial charge in [-0.15, -0.1) is 0 Å². The van der Waals surface area contributed by atoms with Gasteiger partial charge < -0.3 is 4.57 Å². The van der Waals surface area contributed by atoms with Crippen LogP contribution in [-0.2, 0) is 13.1 Å². The Kier molecular flexibility index (Phi) is 3.01. The van der Waals surface area contributed by atoms with Crippen molar-refractivity contribution in [3.8, 4) is 6.07 Å². The third-order valence-corrected chi connectivity index (χ3v) is 3.46. The Morgan fingerprint density at radius 1 is 1.32 bits per heavy atom. The summed E-state index contributed by atoms with van der Waals surface area (Å²) in [5.74, 6) is 0. The van der Waals surface area contributed by atoms with Gasteiger partial charge in [0.15, 0.2) is 0 Å². The second-order valence-corrected chi connectivity index (χ2v) is 4.86. The van der Waals surface area contributed by atoms with E-state index in [-0.39, 0.29) is 0 Å². The zero-order valence-corrected chi connectivity index (χ0v) is 11.4. The van der Waals surface area contributed by atoms with Gasteiger partial charge in [-0.05, 0) is 28.1 Å². The van der Waals surface area contributed by atoms with Gasteiger partial charge in [0.2, 0.25) is 0 Å². The lowest BCUT2D eigenvalue weighted by atomic mass is 10.3. The molecule has 0 aliphatic carbocycles. The summed E-state index contributed by atoms with van der Waals surface area (Å²) >= 11 is 3.50. The first-order valence-electron chi connectivity index (χ1n) is 5.66. The molecule has 0 radical (unpaired) electrons. The second kappa shape index (κ2) is 4.82. The normalized spacial score (nSPS) is 10.7. The molecule has 0 spiro atoms. The maximum atomic E-state index is 8.92. The van der Waals surface area contributed by atoms with Crippen molar-refractivity contribution >= 4 is 27.0 Å². The number of aryl methyl sites for hydroxylation is 2.